The van der Waals surface area contributed by atoms with E-state index in [1.807, 2.05) is 36.5 Å². The van der Waals surface area contributed by atoms with Crippen molar-refractivity contribution in [2.24, 2.45) is 0 Å². The number of rotatable bonds is 6. The minimum Gasteiger partial charge on any atom is -0.302 e. The van der Waals surface area contributed by atoms with E-state index in [9.17, 15) is 13.2 Å². The SMILES string of the molecule is CS(=O)(=O)c1ccc2nc(NC(=O)CCc3cnn(-c4ccccc4)c3)sc2c1. The van der Waals surface area contributed by atoms with E-state index in [1.54, 1.807) is 23.0 Å². The number of anilines is 1. The van der Waals surface area contributed by atoms with Gasteiger partial charge in [-0.1, -0.05) is 29.5 Å². The van der Waals surface area contributed by atoms with E-state index in [-0.39, 0.29) is 10.8 Å². The van der Waals surface area contributed by atoms with E-state index in [2.05, 4.69) is 15.4 Å². The van der Waals surface area contributed by atoms with E-state index in [0.717, 1.165) is 17.5 Å². The van der Waals surface area contributed by atoms with Gasteiger partial charge in [0.2, 0.25) is 5.91 Å². The van der Waals surface area contributed by atoms with Gasteiger partial charge in [-0.3, -0.25) is 4.79 Å². The lowest BCUT2D eigenvalue weighted by Crippen LogP contribution is -2.11. The zero-order chi connectivity index (χ0) is 20.4. The van der Waals surface area contributed by atoms with Gasteiger partial charge in [-0.25, -0.2) is 18.1 Å². The summed E-state index contributed by atoms with van der Waals surface area (Å²) in [5, 5.41) is 7.58. The molecular weight excluding hydrogens is 408 g/mol. The molecule has 0 saturated heterocycles. The average molecular weight is 427 g/mol. The van der Waals surface area contributed by atoms with E-state index in [1.165, 1.54) is 17.4 Å². The number of hydrogen-bond donors (Lipinski definition) is 1. The van der Waals surface area contributed by atoms with Crippen molar-refractivity contribution in [2.45, 2.75) is 17.7 Å². The van der Waals surface area contributed by atoms with Gasteiger partial charge in [0.25, 0.3) is 0 Å². The van der Waals surface area contributed by atoms with Gasteiger partial charge in [-0.2, -0.15) is 5.10 Å². The van der Waals surface area contributed by atoms with Crippen molar-refractivity contribution in [1.82, 2.24) is 14.8 Å². The molecule has 0 aliphatic rings. The highest BCUT2D eigenvalue weighted by molar-refractivity contribution is 7.90. The summed E-state index contributed by atoms with van der Waals surface area (Å²) in [7, 11) is -3.28. The highest BCUT2D eigenvalue weighted by atomic mass is 32.2. The Kier molecular flexibility index (Phi) is 5.16. The van der Waals surface area contributed by atoms with Crippen molar-refractivity contribution < 1.29 is 13.2 Å². The van der Waals surface area contributed by atoms with Crippen LogP contribution in [0.2, 0.25) is 0 Å². The Morgan fingerprint density at radius 2 is 1.97 bits per heavy atom. The molecule has 1 amide bonds. The van der Waals surface area contributed by atoms with Crippen LogP contribution in [-0.2, 0) is 21.1 Å². The molecule has 2 aromatic carbocycles. The third kappa shape index (κ3) is 4.52. The predicted octanol–water partition coefficient (Wildman–Crippen LogP) is 3.46. The highest BCUT2D eigenvalue weighted by Crippen LogP contribution is 2.28. The first-order chi connectivity index (χ1) is 13.9. The Hall–Kier alpha value is -3.04. The topological polar surface area (TPSA) is 93.9 Å². The number of aromatic nitrogens is 3. The number of sulfone groups is 1. The van der Waals surface area contributed by atoms with Crippen molar-refractivity contribution in [3.63, 3.8) is 0 Å². The molecule has 148 valence electrons. The van der Waals surface area contributed by atoms with Crippen LogP contribution in [-0.4, -0.2) is 35.3 Å². The number of thiazole rings is 1. The number of para-hydroxylation sites is 1. The van der Waals surface area contributed by atoms with Crippen LogP contribution >= 0.6 is 11.3 Å². The summed E-state index contributed by atoms with van der Waals surface area (Å²) in [5.41, 5.74) is 2.58. The second-order valence-corrected chi connectivity index (χ2v) is 9.64. The Morgan fingerprint density at radius 1 is 1.17 bits per heavy atom. The molecule has 0 aliphatic heterocycles. The number of benzene rings is 2. The Labute approximate surface area is 171 Å². The normalized spacial score (nSPS) is 11.6. The largest absolute Gasteiger partial charge is 0.302 e. The van der Waals surface area contributed by atoms with Gasteiger partial charge in [0.15, 0.2) is 15.0 Å². The first-order valence-electron chi connectivity index (χ1n) is 8.88. The summed E-state index contributed by atoms with van der Waals surface area (Å²) in [5.74, 6) is -0.153. The van der Waals surface area contributed by atoms with Gasteiger partial charge in [0.05, 0.1) is 27.0 Å². The van der Waals surface area contributed by atoms with Crippen LogP contribution in [0.4, 0.5) is 5.13 Å². The zero-order valence-corrected chi connectivity index (χ0v) is 17.2. The van der Waals surface area contributed by atoms with Gasteiger partial charge in [-0.05, 0) is 42.3 Å². The molecule has 0 bridgehead atoms. The Morgan fingerprint density at radius 3 is 2.72 bits per heavy atom. The molecule has 2 heterocycles. The monoisotopic (exact) mass is 426 g/mol. The van der Waals surface area contributed by atoms with E-state index in [4.69, 9.17) is 0 Å². The number of aryl methyl sites for hydroxylation is 1. The lowest BCUT2D eigenvalue weighted by atomic mass is 10.2. The molecule has 0 radical (unpaired) electrons. The number of carbonyl (C=O) groups excluding carboxylic acids is 1. The van der Waals surface area contributed by atoms with Crippen molar-refractivity contribution in [3.05, 3.63) is 66.5 Å². The molecule has 0 atom stereocenters. The van der Waals surface area contributed by atoms with Gasteiger partial charge in [0, 0.05) is 18.9 Å². The quantitative estimate of drug-likeness (QED) is 0.510. The van der Waals surface area contributed by atoms with Crippen LogP contribution in [0.3, 0.4) is 0 Å². The molecule has 4 rings (SSSR count). The van der Waals surface area contributed by atoms with Crippen LogP contribution in [0.5, 0.6) is 0 Å². The fourth-order valence-electron chi connectivity index (χ4n) is 2.84. The molecule has 1 N–H and O–H groups in total. The van der Waals surface area contributed by atoms with Crippen LogP contribution in [0.25, 0.3) is 15.9 Å². The molecule has 0 fully saturated rings. The Balaban J connectivity index is 1.39. The standard InChI is InChI=1S/C20H18N4O3S2/c1-29(26,27)16-8-9-17-18(11-16)28-20(22-17)23-19(25)10-7-14-12-21-24(13-14)15-5-3-2-4-6-15/h2-6,8-9,11-13H,7,10H2,1H3,(H,22,23,25). The molecule has 29 heavy (non-hydrogen) atoms. The third-order valence-electron chi connectivity index (χ3n) is 4.33. The van der Waals surface area contributed by atoms with Gasteiger partial charge in [0.1, 0.15) is 0 Å². The summed E-state index contributed by atoms with van der Waals surface area (Å²) in [4.78, 5) is 16.9. The van der Waals surface area contributed by atoms with Gasteiger partial charge >= 0.3 is 0 Å². The van der Waals surface area contributed by atoms with Gasteiger partial charge < -0.3 is 5.32 Å². The number of fused-ring (bicyclic) bond motifs is 1. The highest BCUT2D eigenvalue weighted by Gasteiger charge is 2.12. The summed E-state index contributed by atoms with van der Waals surface area (Å²) in [6.07, 6.45) is 5.68. The smallest absolute Gasteiger partial charge is 0.226 e. The molecule has 4 aromatic rings. The lowest BCUT2D eigenvalue weighted by molar-refractivity contribution is -0.116. The maximum atomic E-state index is 12.3. The van der Waals surface area contributed by atoms with Gasteiger partial charge in [-0.15, -0.1) is 0 Å². The first kappa shape index (κ1) is 19.3. The number of amides is 1. The zero-order valence-electron chi connectivity index (χ0n) is 15.6. The molecule has 9 heteroatoms. The third-order valence-corrected chi connectivity index (χ3v) is 6.38. The molecule has 0 unspecified atom stereocenters. The van der Waals surface area contributed by atoms with E-state index < -0.39 is 9.84 Å². The summed E-state index contributed by atoms with van der Waals surface area (Å²) in [6, 6.07) is 14.5. The molecule has 0 saturated carbocycles. The number of carbonyl (C=O) groups is 1. The van der Waals surface area contributed by atoms with Crippen molar-refractivity contribution >= 4 is 42.4 Å². The second kappa shape index (κ2) is 7.76. The summed E-state index contributed by atoms with van der Waals surface area (Å²) in [6.45, 7) is 0. The minimum absolute atomic E-state index is 0.153. The number of nitrogens with one attached hydrogen (secondary N) is 1. The predicted molar refractivity (Wildman–Crippen MR) is 113 cm³/mol. The van der Waals surface area contributed by atoms with Crippen molar-refractivity contribution in [1.29, 1.82) is 0 Å². The second-order valence-electron chi connectivity index (χ2n) is 6.60. The van der Waals surface area contributed by atoms with Crippen molar-refractivity contribution in [2.75, 3.05) is 11.6 Å². The molecule has 0 aliphatic carbocycles. The maximum Gasteiger partial charge on any atom is 0.226 e. The fourth-order valence-corrected chi connectivity index (χ4v) is 4.48. The Bertz CT molecular complexity index is 1280. The van der Waals surface area contributed by atoms with E-state index >= 15 is 0 Å². The number of hydrogen-bond acceptors (Lipinski definition) is 6. The molecule has 7 nitrogen and oxygen atoms in total. The molecule has 2 aromatic heterocycles. The minimum atomic E-state index is -3.28. The van der Waals surface area contributed by atoms with Crippen LogP contribution in [0.1, 0.15) is 12.0 Å². The summed E-state index contributed by atoms with van der Waals surface area (Å²) < 4.78 is 25.9. The summed E-state index contributed by atoms with van der Waals surface area (Å²) >= 11 is 1.25. The average Bonchev–Trinajstić information content (AvgIpc) is 3.32. The van der Waals surface area contributed by atoms with Crippen LogP contribution < -0.4 is 5.32 Å². The molecular formula is C20H18N4O3S2. The first-order valence-corrected chi connectivity index (χ1v) is 11.6. The fraction of sp³-hybridized carbons (Fsp3) is 0.150. The maximum absolute atomic E-state index is 12.3. The van der Waals surface area contributed by atoms with Crippen molar-refractivity contribution in [3.8, 4) is 5.69 Å². The molecule has 0 spiro atoms. The van der Waals surface area contributed by atoms with Crippen LogP contribution in [0.15, 0.2) is 65.8 Å². The number of nitrogens with zero attached hydrogens (tertiary/aromatic N) is 3. The van der Waals surface area contributed by atoms with E-state index in [0.29, 0.717) is 28.2 Å². The lowest BCUT2D eigenvalue weighted by Gasteiger charge is -2.00. The van der Waals surface area contributed by atoms with Crippen LogP contribution in [0, 0.1) is 0 Å².